The third kappa shape index (κ3) is 6.11. The summed E-state index contributed by atoms with van der Waals surface area (Å²) in [6, 6.07) is 13.8. The Morgan fingerprint density at radius 1 is 0.970 bits per heavy atom. The van der Waals surface area contributed by atoms with Gasteiger partial charge in [0.2, 0.25) is 0 Å². The molecule has 8 nitrogen and oxygen atoms in total. The number of aryl methyl sites for hydroxylation is 2. The number of carbonyl (C=O) groups excluding carboxylic acids is 2. The molecule has 0 aliphatic carbocycles. The Morgan fingerprint density at radius 3 is 2.30 bits per heavy atom. The minimum atomic E-state index is -3.93. The number of benzene rings is 2. The van der Waals surface area contributed by atoms with E-state index in [-0.39, 0.29) is 10.5 Å². The lowest BCUT2D eigenvalue weighted by molar-refractivity contribution is 0.0848. The van der Waals surface area contributed by atoms with Gasteiger partial charge in [-0.3, -0.25) is 25.2 Å². The summed E-state index contributed by atoms with van der Waals surface area (Å²) in [7, 11) is -3.93. The molecule has 0 atom stereocenters. The second-order valence-corrected chi connectivity index (χ2v) is 9.89. The summed E-state index contributed by atoms with van der Waals surface area (Å²) < 4.78 is 33.3. The van der Waals surface area contributed by atoms with Crippen LogP contribution >= 0.6 is 11.3 Å². The van der Waals surface area contributed by atoms with Gasteiger partial charge in [-0.05, 0) is 74.4 Å². The van der Waals surface area contributed by atoms with Crippen LogP contribution in [0.25, 0.3) is 0 Å². The van der Waals surface area contributed by atoms with E-state index in [1.54, 1.807) is 30.3 Å². The van der Waals surface area contributed by atoms with Gasteiger partial charge in [0.05, 0.1) is 16.4 Å². The van der Waals surface area contributed by atoms with Gasteiger partial charge in [0.1, 0.15) is 5.75 Å². The fourth-order valence-electron chi connectivity index (χ4n) is 3.03. The predicted molar refractivity (Wildman–Crippen MR) is 128 cm³/mol. The molecule has 0 unspecified atom stereocenters. The van der Waals surface area contributed by atoms with Crippen molar-refractivity contribution in [1.82, 2.24) is 10.9 Å². The van der Waals surface area contributed by atoms with Crippen LogP contribution in [0.15, 0.2) is 59.5 Å². The maximum atomic E-state index is 12.8. The number of hydrazine groups is 1. The number of amides is 2. The largest absolute Gasteiger partial charge is 0.494 e. The number of nitrogens with one attached hydrogen (secondary N) is 3. The number of thiophene rings is 1. The first-order chi connectivity index (χ1) is 15.7. The van der Waals surface area contributed by atoms with Crippen molar-refractivity contribution < 1.29 is 22.7 Å². The zero-order valence-electron chi connectivity index (χ0n) is 18.5. The SMILES string of the molecule is CCOc1ccc(NS(=O)(=O)c2cccc(C(=O)NNC(=O)c3cc(C)c(CC)s3)c2)cc1. The van der Waals surface area contributed by atoms with Crippen LogP contribution in [-0.4, -0.2) is 26.8 Å². The summed E-state index contributed by atoms with van der Waals surface area (Å²) in [5.74, 6) is -0.438. The van der Waals surface area contributed by atoms with Gasteiger partial charge < -0.3 is 4.74 Å². The smallest absolute Gasteiger partial charge is 0.279 e. The molecule has 1 aromatic heterocycles. The van der Waals surface area contributed by atoms with E-state index in [9.17, 15) is 18.0 Å². The lowest BCUT2D eigenvalue weighted by Crippen LogP contribution is -2.41. The number of hydrogen-bond acceptors (Lipinski definition) is 6. The lowest BCUT2D eigenvalue weighted by Gasteiger charge is -2.11. The van der Waals surface area contributed by atoms with Crippen LogP contribution in [-0.2, 0) is 16.4 Å². The van der Waals surface area contributed by atoms with Gasteiger partial charge >= 0.3 is 0 Å². The summed E-state index contributed by atoms with van der Waals surface area (Å²) in [5.41, 5.74) is 6.17. The number of ether oxygens (including phenoxy) is 1. The Bertz CT molecular complexity index is 1250. The van der Waals surface area contributed by atoms with E-state index < -0.39 is 21.8 Å². The maximum absolute atomic E-state index is 12.8. The second-order valence-electron chi connectivity index (χ2n) is 7.07. The average Bonchev–Trinajstić information content (AvgIpc) is 3.19. The molecule has 33 heavy (non-hydrogen) atoms. The molecule has 0 radical (unpaired) electrons. The first kappa shape index (κ1) is 24.3. The van der Waals surface area contributed by atoms with Crippen LogP contribution < -0.4 is 20.3 Å². The van der Waals surface area contributed by atoms with Crippen molar-refractivity contribution in [3.8, 4) is 5.75 Å². The quantitative estimate of drug-likeness (QED) is 0.417. The Morgan fingerprint density at radius 2 is 1.67 bits per heavy atom. The van der Waals surface area contributed by atoms with Crippen LogP contribution in [0, 0.1) is 6.92 Å². The molecule has 0 aliphatic rings. The Kier molecular flexibility index (Phi) is 7.72. The van der Waals surface area contributed by atoms with Crippen molar-refractivity contribution >= 4 is 38.9 Å². The van der Waals surface area contributed by atoms with Crippen molar-refractivity contribution in [2.24, 2.45) is 0 Å². The Labute approximate surface area is 197 Å². The first-order valence-corrected chi connectivity index (χ1v) is 12.6. The number of hydrogen-bond donors (Lipinski definition) is 3. The fraction of sp³-hybridized carbons (Fsp3) is 0.217. The van der Waals surface area contributed by atoms with E-state index in [4.69, 9.17) is 4.74 Å². The van der Waals surface area contributed by atoms with E-state index in [1.807, 2.05) is 20.8 Å². The molecule has 3 rings (SSSR count). The molecule has 0 spiro atoms. The summed E-state index contributed by atoms with van der Waals surface area (Å²) in [5, 5.41) is 0. The van der Waals surface area contributed by atoms with E-state index in [1.165, 1.54) is 35.6 Å². The summed E-state index contributed by atoms with van der Waals surface area (Å²) >= 11 is 1.37. The average molecular weight is 488 g/mol. The van der Waals surface area contributed by atoms with Crippen molar-refractivity contribution in [3.63, 3.8) is 0 Å². The second kappa shape index (κ2) is 10.5. The molecule has 2 aromatic carbocycles. The third-order valence-electron chi connectivity index (χ3n) is 4.68. The molecule has 0 aliphatic heterocycles. The van der Waals surface area contributed by atoms with Crippen LogP contribution in [0.3, 0.4) is 0 Å². The summed E-state index contributed by atoms with van der Waals surface area (Å²) in [6.07, 6.45) is 0.822. The molecule has 10 heteroatoms. The minimum absolute atomic E-state index is 0.0847. The minimum Gasteiger partial charge on any atom is -0.494 e. The molecule has 0 saturated carbocycles. The number of anilines is 1. The molecule has 0 bridgehead atoms. The molecule has 1 heterocycles. The van der Waals surface area contributed by atoms with E-state index in [2.05, 4.69) is 15.6 Å². The van der Waals surface area contributed by atoms with Crippen molar-refractivity contribution in [2.75, 3.05) is 11.3 Å². The monoisotopic (exact) mass is 487 g/mol. The van der Waals surface area contributed by atoms with Crippen LogP contribution in [0.4, 0.5) is 5.69 Å². The predicted octanol–water partition coefficient (Wildman–Crippen LogP) is 3.89. The molecule has 3 N–H and O–H groups in total. The normalized spacial score (nSPS) is 11.0. The fourth-order valence-corrected chi connectivity index (χ4v) is 5.15. The molecule has 2 amide bonds. The highest BCUT2D eigenvalue weighted by Crippen LogP contribution is 2.22. The zero-order chi connectivity index (χ0) is 24.0. The van der Waals surface area contributed by atoms with E-state index >= 15 is 0 Å². The summed E-state index contributed by atoms with van der Waals surface area (Å²) in [4.78, 5) is 26.3. The van der Waals surface area contributed by atoms with Gasteiger partial charge in [0, 0.05) is 16.1 Å². The van der Waals surface area contributed by atoms with Gasteiger partial charge in [-0.1, -0.05) is 13.0 Å². The number of sulfonamides is 1. The van der Waals surface area contributed by atoms with Gasteiger partial charge in [0.15, 0.2) is 0 Å². The van der Waals surface area contributed by atoms with Gasteiger partial charge in [-0.25, -0.2) is 8.42 Å². The highest BCUT2D eigenvalue weighted by molar-refractivity contribution is 7.92. The van der Waals surface area contributed by atoms with Gasteiger partial charge in [0.25, 0.3) is 21.8 Å². The third-order valence-corrected chi connectivity index (χ3v) is 7.44. The standard InChI is InChI=1S/C23H25N3O5S2/c1-4-20-15(3)13-21(32-20)23(28)25-24-22(27)16-7-6-8-19(14-16)33(29,30)26-17-9-11-18(12-10-17)31-5-2/h6-14,26H,4-5H2,1-3H3,(H,24,27)(H,25,28). The van der Waals surface area contributed by atoms with Crippen molar-refractivity contribution in [3.05, 3.63) is 75.5 Å². The van der Waals surface area contributed by atoms with Crippen molar-refractivity contribution in [2.45, 2.75) is 32.1 Å². The highest BCUT2D eigenvalue weighted by atomic mass is 32.2. The summed E-state index contributed by atoms with van der Waals surface area (Å²) in [6.45, 7) is 6.30. The van der Waals surface area contributed by atoms with E-state index in [0.717, 1.165) is 16.9 Å². The Balaban J connectivity index is 1.67. The number of carbonyl (C=O) groups is 2. The molecule has 174 valence electrons. The molecule has 3 aromatic rings. The van der Waals surface area contributed by atoms with Crippen molar-refractivity contribution in [1.29, 1.82) is 0 Å². The molecular formula is C23H25N3O5S2. The first-order valence-electron chi connectivity index (χ1n) is 10.3. The molecule has 0 saturated heterocycles. The number of rotatable bonds is 8. The van der Waals surface area contributed by atoms with Crippen LogP contribution in [0.5, 0.6) is 5.75 Å². The maximum Gasteiger partial charge on any atom is 0.279 e. The highest BCUT2D eigenvalue weighted by Gasteiger charge is 2.18. The zero-order valence-corrected chi connectivity index (χ0v) is 20.1. The van der Waals surface area contributed by atoms with Gasteiger partial charge in [-0.2, -0.15) is 0 Å². The van der Waals surface area contributed by atoms with Crippen LogP contribution in [0.2, 0.25) is 0 Å². The van der Waals surface area contributed by atoms with Crippen LogP contribution in [0.1, 0.15) is 44.3 Å². The van der Waals surface area contributed by atoms with Gasteiger partial charge in [-0.15, -0.1) is 11.3 Å². The Hall–Kier alpha value is -3.37. The lowest BCUT2D eigenvalue weighted by atomic mass is 10.2. The molecular weight excluding hydrogens is 462 g/mol. The topological polar surface area (TPSA) is 114 Å². The van der Waals surface area contributed by atoms with E-state index in [0.29, 0.717) is 22.9 Å². The molecule has 0 fully saturated rings.